The molecule has 0 aliphatic carbocycles. The number of amides is 1. The van der Waals surface area contributed by atoms with Gasteiger partial charge < -0.3 is 23.8 Å². The zero-order valence-corrected chi connectivity index (χ0v) is 16.2. The van der Waals surface area contributed by atoms with Crippen molar-refractivity contribution in [3.05, 3.63) is 54.3 Å². The number of likely N-dealkylation sites (tertiary alicyclic amines) is 1. The Morgan fingerprint density at radius 2 is 1.69 bits per heavy atom. The topological polar surface area (TPSA) is 74.3 Å². The Labute approximate surface area is 167 Å². The van der Waals surface area contributed by atoms with Gasteiger partial charge in [-0.3, -0.25) is 4.79 Å². The molecule has 2 aromatic rings. The molecule has 1 amide bonds. The van der Waals surface area contributed by atoms with Crippen molar-refractivity contribution in [1.82, 2.24) is 4.90 Å². The van der Waals surface area contributed by atoms with E-state index >= 15 is 0 Å². The van der Waals surface area contributed by atoms with Crippen molar-refractivity contribution in [2.75, 3.05) is 27.4 Å². The number of carbonyl (C=O) groups is 2. The molecule has 2 aromatic carbocycles. The van der Waals surface area contributed by atoms with Gasteiger partial charge in [-0.05, 0) is 24.3 Å². The maximum absolute atomic E-state index is 13.9. The van der Waals surface area contributed by atoms with Gasteiger partial charge in [-0.25, -0.2) is 9.18 Å². The number of halogens is 1. The molecule has 0 spiro atoms. The summed E-state index contributed by atoms with van der Waals surface area (Å²) < 4.78 is 35.1. The second-order valence-electron chi connectivity index (χ2n) is 6.43. The van der Waals surface area contributed by atoms with E-state index in [2.05, 4.69) is 0 Å². The lowest BCUT2D eigenvalue weighted by atomic mass is 10.2. The molecule has 0 unspecified atom stereocenters. The Morgan fingerprint density at radius 3 is 2.34 bits per heavy atom. The van der Waals surface area contributed by atoms with E-state index in [0.29, 0.717) is 11.5 Å². The Kier molecular flexibility index (Phi) is 6.54. The first-order valence-corrected chi connectivity index (χ1v) is 9.07. The van der Waals surface area contributed by atoms with Crippen molar-refractivity contribution in [2.24, 2.45) is 0 Å². The molecule has 29 heavy (non-hydrogen) atoms. The van der Waals surface area contributed by atoms with Crippen LogP contribution in [0.2, 0.25) is 0 Å². The summed E-state index contributed by atoms with van der Waals surface area (Å²) in [6, 6.07) is 12.1. The lowest BCUT2D eigenvalue weighted by molar-refractivity contribution is -0.151. The minimum absolute atomic E-state index is 0.0701. The van der Waals surface area contributed by atoms with Crippen LogP contribution in [0.15, 0.2) is 48.5 Å². The summed E-state index contributed by atoms with van der Waals surface area (Å²) in [6.07, 6.45) is -0.354. The normalized spacial score (nSPS) is 18.2. The highest BCUT2D eigenvalue weighted by atomic mass is 19.1. The van der Waals surface area contributed by atoms with Crippen molar-refractivity contribution in [3.8, 4) is 17.2 Å². The van der Waals surface area contributed by atoms with Gasteiger partial charge in [0.05, 0.1) is 20.8 Å². The molecule has 0 aromatic heterocycles. The predicted molar refractivity (Wildman–Crippen MR) is 101 cm³/mol. The third-order valence-corrected chi connectivity index (χ3v) is 4.61. The van der Waals surface area contributed by atoms with Gasteiger partial charge in [0.1, 0.15) is 12.1 Å². The maximum Gasteiger partial charge on any atom is 0.328 e. The Hall–Kier alpha value is -3.29. The van der Waals surface area contributed by atoms with Crippen molar-refractivity contribution >= 4 is 11.9 Å². The summed E-state index contributed by atoms with van der Waals surface area (Å²) in [7, 11) is 2.75. The van der Waals surface area contributed by atoms with Gasteiger partial charge >= 0.3 is 5.97 Å². The van der Waals surface area contributed by atoms with E-state index in [-0.39, 0.29) is 25.3 Å². The molecule has 0 radical (unpaired) electrons. The molecule has 8 heteroatoms. The molecule has 1 aliphatic heterocycles. The highest BCUT2D eigenvalue weighted by Crippen LogP contribution is 2.28. The SMILES string of the molecule is COC(=O)[C@H]1C[C@H](Oc2ccccc2F)CN1C(=O)COc1ccccc1OC. The molecule has 0 saturated carbocycles. The van der Waals surface area contributed by atoms with Crippen LogP contribution >= 0.6 is 0 Å². The van der Waals surface area contributed by atoms with Crippen LogP contribution in [0.3, 0.4) is 0 Å². The minimum atomic E-state index is -0.828. The number of hydrogen-bond donors (Lipinski definition) is 0. The number of ether oxygens (including phenoxy) is 4. The first kappa shape index (κ1) is 20.4. The van der Waals surface area contributed by atoms with E-state index in [1.54, 1.807) is 36.4 Å². The van der Waals surface area contributed by atoms with Crippen LogP contribution < -0.4 is 14.2 Å². The molecular formula is C21H22FNO6. The van der Waals surface area contributed by atoms with Gasteiger partial charge in [0.2, 0.25) is 0 Å². The Bertz CT molecular complexity index is 874. The number of carbonyl (C=O) groups excluding carboxylic acids is 2. The monoisotopic (exact) mass is 403 g/mol. The average molecular weight is 403 g/mol. The lowest BCUT2D eigenvalue weighted by Crippen LogP contribution is -2.43. The Balaban J connectivity index is 1.69. The smallest absolute Gasteiger partial charge is 0.328 e. The molecule has 1 saturated heterocycles. The summed E-state index contributed by atoms with van der Waals surface area (Å²) in [4.78, 5) is 26.2. The minimum Gasteiger partial charge on any atom is -0.493 e. The molecular weight excluding hydrogens is 381 g/mol. The number of rotatable bonds is 7. The lowest BCUT2D eigenvalue weighted by Gasteiger charge is -2.22. The van der Waals surface area contributed by atoms with Crippen LogP contribution in [0.25, 0.3) is 0 Å². The van der Waals surface area contributed by atoms with E-state index in [0.717, 1.165) is 0 Å². The number of nitrogens with zero attached hydrogens (tertiary/aromatic N) is 1. The third kappa shape index (κ3) is 4.77. The van der Waals surface area contributed by atoms with Crippen LogP contribution in [0.1, 0.15) is 6.42 Å². The van der Waals surface area contributed by atoms with Gasteiger partial charge in [0.15, 0.2) is 29.7 Å². The van der Waals surface area contributed by atoms with Gasteiger partial charge in [-0.15, -0.1) is 0 Å². The van der Waals surface area contributed by atoms with Crippen LogP contribution in [0.4, 0.5) is 4.39 Å². The molecule has 0 bridgehead atoms. The zero-order valence-electron chi connectivity index (χ0n) is 16.2. The number of methoxy groups -OCH3 is 2. The number of benzene rings is 2. The van der Waals surface area contributed by atoms with E-state index in [1.165, 1.54) is 31.3 Å². The molecule has 154 valence electrons. The van der Waals surface area contributed by atoms with Crippen molar-refractivity contribution in [1.29, 1.82) is 0 Å². The van der Waals surface area contributed by atoms with Gasteiger partial charge in [-0.2, -0.15) is 0 Å². The average Bonchev–Trinajstić information content (AvgIpc) is 3.17. The predicted octanol–water partition coefficient (Wildman–Crippen LogP) is 2.43. The highest BCUT2D eigenvalue weighted by molar-refractivity contribution is 5.86. The standard InChI is InChI=1S/C21H22FNO6/c1-26-18-9-5-6-10-19(18)28-13-20(24)23-12-14(11-16(23)21(25)27-2)29-17-8-4-3-7-15(17)22/h3-10,14,16H,11-13H2,1-2H3/t14-,16+/m0/s1. The van der Waals surface area contributed by atoms with Crippen molar-refractivity contribution < 1.29 is 32.9 Å². The van der Waals surface area contributed by atoms with E-state index < -0.39 is 29.8 Å². The number of hydrogen-bond acceptors (Lipinski definition) is 6. The maximum atomic E-state index is 13.9. The Morgan fingerprint density at radius 1 is 1.03 bits per heavy atom. The van der Waals surface area contributed by atoms with Crippen molar-refractivity contribution in [2.45, 2.75) is 18.6 Å². The molecule has 0 N–H and O–H groups in total. The molecule has 1 fully saturated rings. The van der Waals surface area contributed by atoms with E-state index in [9.17, 15) is 14.0 Å². The fourth-order valence-corrected chi connectivity index (χ4v) is 3.20. The van der Waals surface area contributed by atoms with Gasteiger partial charge in [-0.1, -0.05) is 24.3 Å². The molecule has 1 heterocycles. The summed E-state index contributed by atoms with van der Waals surface area (Å²) >= 11 is 0. The summed E-state index contributed by atoms with van der Waals surface area (Å²) in [6.45, 7) is -0.178. The number of para-hydroxylation sites is 3. The van der Waals surface area contributed by atoms with Gasteiger partial charge in [0, 0.05) is 6.42 Å². The van der Waals surface area contributed by atoms with E-state index in [4.69, 9.17) is 18.9 Å². The summed E-state index contributed by atoms with van der Waals surface area (Å²) in [5, 5.41) is 0. The highest BCUT2D eigenvalue weighted by Gasteiger charge is 2.41. The fraction of sp³-hybridized carbons (Fsp3) is 0.333. The van der Waals surface area contributed by atoms with Crippen LogP contribution in [-0.4, -0.2) is 56.3 Å². The third-order valence-electron chi connectivity index (χ3n) is 4.61. The first-order valence-electron chi connectivity index (χ1n) is 9.07. The van der Waals surface area contributed by atoms with Gasteiger partial charge in [0.25, 0.3) is 5.91 Å². The van der Waals surface area contributed by atoms with Crippen molar-refractivity contribution in [3.63, 3.8) is 0 Å². The molecule has 2 atom stereocenters. The van der Waals surface area contributed by atoms with E-state index in [1.807, 2.05) is 0 Å². The molecule has 7 nitrogen and oxygen atoms in total. The van der Waals surface area contributed by atoms with Crippen LogP contribution in [0, 0.1) is 5.82 Å². The molecule has 1 aliphatic rings. The van der Waals surface area contributed by atoms with Crippen LogP contribution in [0.5, 0.6) is 17.2 Å². The summed E-state index contributed by atoms with van der Waals surface area (Å²) in [5.41, 5.74) is 0. The summed E-state index contributed by atoms with van der Waals surface area (Å²) in [5.74, 6) is -0.503. The number of esters is 1. The first-order chi connectivity index (χ1) is 14.0. The molecule has 3 rings (SSSR count). The quantitative estimate of drug-likeness (QED) is 0.661. The van der Waals surface area contributed by atoms with Crippen LogP contribution in [-0.2, 0) is 14.3 Å². The fourth-order valence-electron chi connectivity index (χ4n) is 3.20. The second-order valence-corrected chi connectivity index (χ2v) is 6.43. The zero-order chi connectivity index (χ0) is 20.8. The largest absolute Gasteiger partial charge is 0.493 e. The second kappa shape index (κ2) is 9.27.